The molecule has 1 aromatic heterocycles. The van der Waals surface area contributed by atoms with Gasteiger partial charge in [0, 0.05) is 17.2 Å². The molecule has 2 N–H and O–H groups in total. The predicted octanol–water partition coefficient (Wildman–Crippen LogP) is 1.96. The van der Waals surface area contributed by atoms with E-state index in [-0.39, 0.29) is 0 Å². The monoisotopic (exact) mass is 233 g/mol. The molecule has 0 amide bonds. The van der Waals surface area contributed by atoms with Gasteiger partial charge in [-0.3, -0.25) is 0 Å². The molecule has 92 valence electrons. The zero-order valence-electron chi connectivity index (χ0n) is 10.4. The van der Waals surface area contributed by atoms with Gasteiger partial charge >= 0.3 is 0 Å². The highest BCUT2D eigenvalue weighted by Crippen LogP contribution is 2.43. The predicted molar refractivity (Wildman–Crippen MR) is 65.8 cm³/mol. The molecule has 2 saturated heterocycles. The van der Waals surface area contributed by atoms with Crippen LogP contribution in [0.2, 0.25) is 0 Å². The summed E-state index contributed by atoms with van der Waals surface area (Å²) in [6.07, 6.45) is 5.06. The van der Waals surface area contributed by atoms with E-state index in [4.69, 9.17) is 10.5 Å². The van der Waals surface area contributed by atoms with Crippen LogP contribution in [0.25, 0.3) is 0 Å². The molecule has 2 aliphatic heterocycles. The summed E-state index contributed by atoms with van der Waals surface area (Å²) in [6, 6.07) is 0. The van der Waals surface area contributed by atoms with Gasteiger partial charge in [0.15, 0.2) is 0 Å². The van der Waals surface area contributed by atoms with Crippen LogP contribution in [-0.2, 0) is 11.2 Å². The van der Waals surface area contributed by atoms with Gasteiger partial charge in [0.2, 0.25) is 0 Å². The maximum atomic E-state index is 6.01. The number of fused-ring (bicyclic) bond motifs is 2. The van der Waals surface area contributed by atoms with Gasteiger partial charge in [-0.2, -0.15) is 0 Å². The summed E-state index contributed by atoms with van der Waals surface area (Å²) in [5, 5.41) is 0. The Kier molecular flexibility index (Phi) is 2.54. The Bertz CT molecular complexity index is 423. The van der Waals surface area contributed by atoms with E-state index in [2.05, 4.69) is 16.9 Å². The van der Waals surface area contributed by atoms with Gasteiger partial charge in [0.25, 0.3) is 0 Å². The van der Waals surface area contributed by atoms with E-state index < -0.39 is 0 Å². The third-order valence-electron chi connectivity index (χ3n) is 4.05. The van der Waals surface area contributed by atoms with Gasteiger partial charge in [-0.05, 0) is 32.6 Å². The molecule has 17 heavy (non-hydrogen) atoms. The third-order valence-corrected chi connectivity index (χ3v) is 4.05. The van der Waals surface area contributed by atoms with Crippen molar-refractivity contribution in [1.82, 2.24) is 9.97 Å². The summed E-state index contributed by atoms with van der Waals surface area (Å²) in [4.78, 5) is 9.13. The summed E-state index contributed by atoms with van der Waals surface area (Å²) < 4.78 is 5.85. The maximum absolute atomic E-state index is 6.01. The number of aryl methyl sites for hydroxylation is 1. The first kappa shape index (κ1) is 11.0. The van der Waals surface area contributed by atoms with E-state index >= 15 is 0 Å². The Labute approximate surface area is 102 Å². The highest BCUT2D eigenvalue weighted by molar-refractivity contribution is 5.42. The Morgan fingerprint density at radius 3 is 2.71 bits per heavy atom. The van der Waals surface area contributed by atoms with Crippen molar-refractivity contribution in [3.05, 3.63) is 17.1 Å². The van der Waals surface area contributed by atoms with E-state index in [9.17, 15) is 0 Å². The zero-order chi connectivity index (χ0) is 12.0. The Morgan fingerprint density at radius 1 is 1.35 bits per heavy atom. The lowest BCUT2D eigenvalue weighted by Crippen LogP contribution is -2.19. The summed E-state index contributed by atoms with van der Waals surface area (Å²) in [6.45, 7) is 4.11. The molecule has 2 aliphatic rings. The van der Waals surface area contributed by atoms with Crippen molar-refractivity contribution in [3.8, 4) is 0 Å². The van der Waals surface area contributed by atoms with Crippen LogP contribution >= 0.6 is 0 Å². The molecule has 3 atom stereocenters. The van der Waals surface area contributed by atoms with Crippen LogP contribution < -0.4 is 5.73 Å². The van der Waals surface area contributed by atoms with E-state index in [0.29, 0.717) is 23.9 Å². The van der Waals surface area contributed by atoms with Crippen molar-refractivity contribution in [2.45, 2.75) is 57.7 Å². The molecule has 2 fully saturated rings. The van der Waals surface area contributed by atoms with E-state index in [1.807, 2.05) is 6.92 Å². The average Bonchev–Trinajstić information content (AvgIpc) is 2.90. The van der Waals surface area contributed by atoms with Crippen LogP contribution in [0.4, 0.5) is 5.82 Å². The summed E-state index contributed by atoms with van der Waals surface area (Å²) >= 11 is 0. The second kappa shape index (κ2) is 3.95. The average molecular weight is 233 g/mol. The van der Waals surface area contributed by atoms with Crippen molar-refractivity contribution in [1.29, 1.82) is 0 Å². The highest BCUT2D eigenvalue weighted by Gasteiger charge is 2.43. The number of ether oxygens (including phenoxy) is 1. The van der Waals surface area contributed by atoms with Crippen LogP contribution in [0.15, 0.2) is 0 Å². The minimum absolute atomic E-state index is 0.325. The number of nitrogens with two attached hydrogens (primary N) is 1. The number of hydrogen-bond acceptors (Lipinski definition) is 4. The van der Waals surface area contributed by atoms with E-state index in [1.54, 1.807) is 0 Å². The molecule has 0 radical (unpaired) electrons. The van der Waals surface area contributed by atoms with Gasteiger partial charge in [-0.25, -0.2) is 9.97 Å². The molecule has 0 spiro atoms. The zero-order valence-corrected chi connectivity index (χ0v) is 10.4. The van der Waals surface area contributed by atoms with Crippen molar-refractivity contribution < 1.29 is 4.74 Å². The number of anilines is 1. The minimum atomic E-state index is 0.325. The van der Waals surface area contributed by atoms with E-state index in [1.165, 1.54) is 6.42 Å². The van der Waals surface area contributed by atoms with Gasteiger partial charge in [0.1, 0.15) is 11.6 Å². The molecular formula is C13H19N3O. The normalized spacial score (nSPS) is 31.1. The molecule has 1 aromatic rings. The molecule has 0 aliphatic carbocycles. The lowest BCUT2D eigenvalue weighted by molar-refractivity contribution is 0.0998. The van der Waals surface area contributed by atoms with Crippen LogP contribution in [0, 0.1) is 6.92 Å². The second-order valence-electron chi connectivity index (χ2n) is 5.10. The maximum Gasteiger partial charge on any atom is 0.136 e. The Balaban J connectivity index is 1.94. The van der Waals surface area contributed by atoms with Gasteiger partial charge in [-0.15, -0.1) is 0 Å². The quantitative estimate of drug-likeness (QED) is 0.848. The first-order valence-electron chi connectivity index (χ1n) is 6.47. The van der Waals surface area contributed by atoms with E-state index in [0.717, 1.165) is 36.3 Å². The second-order valence-corrected chi connectivity index (χ2v) is 5.10. The summed E-state index contributed by atoms with van der Waals surface area (Å²) in [5.74, 6) is 1.91. The fourth-order valence-corrected chi connectivity index (χ4v) is 3.15. The SMILES string of the molecule is CCc1c(C)nc(C2CC3CCC2O3)nc1N. The van der Waals surface area contributed by atoms with Crippen LogP contribution in [0.1, 0.15) is 49.2 Å². The minimum Gasteiger partial charge on any atom is -0.383 e. The topological polar surface area (TPSA) is 61.0 Å². The summed E-state index contributed by atoms with van der Waals surface area (Å²) in [7, 11) is 0. The van der Waals surface area contributed by atoms with Crippen molar-refractivity contribution in [3.63, 3.8) is 0 Å². The summed E-state index contributed by atoms with van der Waals surface area (Å²) in [5.41, 5.74) is 8.11. The molecule has 3 unspecified atom stereocenters. The standard InChI is InChI=1S/C13H19N3O/c1-3-9-7(2)15-13(16-12(9)14)10-6-8-4-5-11(10)17-8/h8,10-11H,3-6H2,1-2H3,(H2,14,15,16). The molecule has 4 heteroatoms. The van der Waals surface area contributed by atoms with Crippen molar-refractivity contribution in [2.24, 2.45) is 0 Å². The molecule has 0 aromatic carbocycles. The van der Waals surface area contributed by atoms with Crippen molar-refractivity contribution >= 4 is 5.82 Å². The van der Waals surface area contributed by atoms with Crippen LogP contribution in [0.3, 0.4) is 0 Å². The van der Waals surface area contributed by atoms with Gasteiger partial charge < -0.3 is 10.5 Å². The molecule has 4 nitrogen and oxygen atoms in total. The number of rotatable bonds is 2. The lowest BCUT2D eigenvalue weighted by Gasteiger charge is -2.18. The van der Waals surface area contributed by atoms with Gasteiger partial charge in [0.05, 0.1) is 12.2 Å². The smallest absolute Gasteiger partial charge is 0.136 e. The number of nitrogens with zero attached hydrogens (tertiary/aromatic N) is 2. The highest BCUT2D eigenvalue weighted by atomic mass is 16.5. The molecular weight excluding hydrogens is 214 g/mol. The number of hydrogen-bond donors (Lipinski definition) is 1. The largest absolute Gasteiger partial charge is 0.383 e. The lowest BCUT2D eigenvalue weighted by atomic mass is 9.88. The van der Waals surface area contributed by atoms with Crippen LogP contribution in [0.5, 0.6) is 0 Å². The number of aromatic nitrogens is 2. The third kappa shape index (κ3) is 1.71. The molecule has 3 heterocycles. The van der Waals surface area contributed by atoms with Gasteiger partial charge in [-0.1, -0.05) is 6.92 Å². The first-order chi connectivity index (χ1) is 8.19. The number of nitrogen functional groups attached to an aromatic ring is 1. The molecule has 2 bridgehead atoms. The van der Waals surface area contributed by atoms with Crippen LogP contribution in [-0.4, -0.2) is 22.2 Å². The van der Waals surface area contributed by atoms with Crippen molar-refractivity contribution in [2.75, 3.05) is 5.73 Å². The Morgan fingerprint density at radius 2 is 2.18 bits per heavy atom. The molecule has 0 saturated carbocycles. The fraction of sp³-hybridized carbons (Fsp3) is 0.692. The first-order valence-corrected chi connectivity index (χ1v) is 6.47. The fourth-order valence-electron chi connectivity index (χ4n) is 3.15. The Hall–Kier alpha value is -1.16. The molecule has 3 rings (SSSR count).